The first-order valence-electron chi connectivity index (χ1n) is 4.54. The molecule has 1 unspecified atom stereocenters. The Morgan fingerprint density at radius 2 is 2.31 bits per heavy atom. The van der Waals surface area contributed by atoms with Gasteiger partial charge in [-0.25, -0.2) is 0 Å². The monoisotopic (exact) mass is 238 g/mol. The van der Waals surface area contributed by atoms with Gasteiger partial charge in [-0.05, 0) is 12.2 Å². The van der Waals surface area contributed by atoms with E-state index in [1.165, 1.54) is 16.8 Å². The molecular formula is C9H10N4O2S. The number of nitrogens with zero attached hydrogens (tertiary/aromatic N) is 2. The molecule has 1 aromatic heterocycles. The summed E-state index contributed by atoms with van der Waals surface area (Å²) in [6.07, 6.45) is 4.12. The number of hydrogen-bond donors (Lipinski definition) is 3. The smallest absolute Gasteiger partial charge is 0.277 e. The van der Waals surface area contributed by atoms with Gasteiger partial charge in [0.2, 0.25) is 6.35 Å². The summed E-state index contributed by atoms with van der Waals surface area (Å²) in [6.45, 7) is 0.176. The number of carbonyl (C=O) groups excluding carboxylic acids is 1. The van der Waals surface area contributed by atoms with Gasteiger partial charge in [0.15, 0.2) is 4.77 Å². The molecule has 16 heavy (non-hydrogen) atoms. The van der Waals surface area contributed by atoms with Crippen LogP contribution in [-0.4, -0.2) is 45.8 Å². The van der Waals surface area contributed by atoms with Gasteiger partial charge in [-0.15, -0.1) is 6.42 Å². The second-order valence-electron chi connectivity index (χ2n) is 3.40. The summed E-state index contributed by atoms with van der Waals surface area (Å²) in [5.41, 5.74) is 0.313. The highest BCUT2D eigenvalue weighted by atomic mass is 32.1. The van der Waals surface area contributed by atoms with E-state index in [0.29, 0.717) is 16.3 Å². The van der Waals surface area contributed by atoms with E-state index < -0.39 is 6.35 Å². The van der Waals surface area contributed by atoms with E-state index in [-0.39, 0.29) is 12.5 Å². The molecule has 1 amide bonds. The highest BCUT2D eigenvalue weighted by Gasteiger charge is 2.35. The van der Waals surface area contributed by atoms with E-state index in [9.17, 15) is 9.90 Å². The maximum atomic E-state index is 11.8. The summed E-state index contributed by atoms with van der Waals surface area (Å²) >= 11 is 4.91. The predicted octanol–water partition coefficient (Wildman–Crippen LogP) is -0.127. The summed E-state index contributed by atoms with van der Waals surface area (Å²) in [7, 11) is 1.49. The van der Waals surface area contributed by atoms with E-state index in [4.69, 9.17) is 18.6 Å². The molecule has 0 fully saturated rings. The predicted molar refractivity (Wildman–Crippen MR) is 60.3 cm³/mol. The molecule has 1 aromatic rings. The summed E-state index contributed by atoms with van der Waals surface area (Å²) < 4.78 is 0.322. The van der Waals surface area contributed by atoms with Crippen LogP contribution >= 0.6 is 12.2 Å². The average Bonchev–Trinajstić information content (AvgIpc) is 2.63. The standard InChI is InChI=1S/C9H10N4O2S/c1-3-4-13-6-5(10-8(16)11-6)7(14)12(2)9(13)15/h1,9,15H,4H2,2H3,(H2,10,11,16). The van der Waals surface area contributed by atoms with Crippen LogP contribution < -0.4 is 4.90 Å². The van der Waals surface area contributed by atoms with Crippen molar-refractivity contribution in [3.8, 4) is 12.3 Å². The number of aromatic amines is 2. The highest BCUT2D eigenvalue weighted by Crippen LogP contribution is 2.25. The lowest BCUT2D eigenvalue weighted by Gasteiger charge is -2.37. The summed E-state index contributed by atoms with van der Waals surface area (Å²) in [6, 6.07) is 0. The van der Waals surface area contributed by atoms with E-state index in [0.717, 1.165) is 0 Å². The first kappa shape index (κ1) is 10.7. The van der Waals surface area contributed by atoms with Crippen molar-refractivity contribution in [3.63, 3.8) is 0 Å². The SMILES string of the molecule is C#CCN1c2[nH]c(=S)[nH]c2C(=O)N(C)C1O. The van der Waals surface area contributed by atoms with Crippen molar-refractivity contribution in [2.24, 2.45) is 0 Å². The van der Waals surface area contributed by atoms with E-state index in [1.807, 2.05) is 0 Å². The largest absolute Gasteiger partial charge is 0.356 e. The molecule has 2 rings (SSSR count). The van der Waals surface area contributed by atoms with Gasteiger partial charge >= 0.3 is 0 Å². The Bertz CT molecular complexity index is 526. The zero-order valence-electron chi connectivity index (χ0n) is 8.52. The van der Waals surface area contributed by atoms with Crippen LogP contribution in [0.1, 0.15) is 10.5 Å². The summed E-state index contributed by atoms with van der Waals surface area (Å²) in [4.78, 5) is 20.0. The van der Waals surface area contributed by atoms with Gasteiger partial charge in [0.25, 0.3) is 5.91 Å². The number of anilines is 1. The fourth-order valence-electron chi connectivity index (χ4n) is 1.61. The molecule has 0 radical (unpaired) electrons. The van der Waals surface area contributed by atoms with Gasteiger partial charge in [0.05, 0.1) is 6.54 Å². The van der Waals surface area contributed by atoms with Gasteiger partial charge in [0, 0.05) is 7.05 Å². The maximum absolute atomic E-state index is 11.8. The molecule has 1 atom stereocenters. The lowest BCUT2D eigenvalue weighted by molar-refractivity contribution is 0.0143. The molecule has 84 valence electrons. The minimum Gasteiger partial charge on any atom is -0.356 e. The van der Waals surface area contributed by atoms with Gasteiger partial charge in [-0.3, -0.25) is 9.69 Å². The Morgan fingerprint density at radius 3 is 2.94 bits per heavy atom. The van der Waals surface area contributed by atoms with Gasteiger partial charge < -0.3 is 20.0 Å². The molecule has 0 bridgehead atoms. The molecule has 1 aliphatic rings. The van der Waals surface area contributed by atoms with Crippen molar-refractivity contribution >= 4 is 23.9 Å². The second-order valence-corrected chi connectivity index (χ2v) is 3.81. The molecule has 1 aliphatic heterocycles. The van der Waals surface area contributed by atoms with Crippen molar-refractivity contribution in [1.82, 2.24) is 14.9 Å². The zero-order chi connectivity index (χ0) is 11.9. The van der Waals surface area contributed by atoms with Crippen LogP contribution in [0.5, 0.6) is 0 Å². The number of aromatic nitrogens is 2. The number of fused-ring (bicyclic) bond motifs is 1. The van der Waals surface area contributed by atoms with Crippen molar-refractivity contribution in [2.45, 2.75) is 6.35 Å². The van der Waals surface area contributed by atoms with Crippen molar-refractivity contribution in [3.05, 3.63) is 10.5 Å². The van der Waals surface area contributed by atoms with Crippen LogP contribution in [0.4, 0.5) is 5.82 Å². The first-order chi connectivity index (χ1) is 7.56. The number of aliphatic hydroxyl groups excluding tert-OH is 1. The quantitative estimate of drug-likeness (QED) is 0.471. The maximum Gasteiger partial charge on any atom is 0.277 e. The average molecular weight is 238 g/mol. The number of amides is 1. The second kappa shape index (κ2) is 3.66. The molecule has 0 spiro atoms. The number of terminal acetylenes is 1. The highest BCUT2D eigenvalue weighted by molar-refractivity contribution is 7.71. The van der Waals surface area contributed by atoms with Crippen molar-refractivity contribution < 1.29 is 9.90 Å². The fraction of sp³-hybridized carbons (Fsp3) is 0.333. The van der Waals surface area contributed by atoms with E-state index >= 15 is 0 Å². The lowest BCUT2D eigenvalue weighted by Crippen LogP contribution is -2.53. The third-order valence-electron chi connectivity index (χ3n) is 2.42. The molecule has 3 N–H and O–H groups in total. The third kappa shape index (κ3) is 1.39. The number of carbonyl (C=O) groups is 1. The fourth-order valence-corrected chi connectivity index (χ4v) is 1.81. The zero-order valence-corrected chi connectivity index (χ0v) is 9.34. The van der Waals surface area contributed by atoms with Crippen LogP contribution in [0.15, 0.2) is 0 Å². The molecule has 2 heterocycles. The molecule has 0 aliphatic carbocycles. The van der Waals surface area contributed by atoms with Crippen LogP contribution in [0.2, 0.25) is 0 Å². The van der Waals surface area contributed by atoms with E-state index in [2.05, 4.69) is 15.9 Å². The summed E-state index contributed by atoms with van der Waals surface area (Å²) in [5, 5.41) is 9.86. The van der Waals surface area contributed by atoms with Crippen LogP contribution in [-0.2, 0) is 0 Å². The molecule has 0 saturated heterocycles. The van der Waals surface area contributed by atoms with Crippen LogP contribution in [0.25, 0.3) is 0 Å². The molecule has 0 saturated carbocycles. The summed E-state index contributed by atoms with van der Waals surface area (Å²) in [5.74, 6) is 2.51. The lowest BCUT2D eigenvalue weighted by atomic mass is 10.3. The Labute approximate surface area is 96.9 Å². The number of hydrogen-bond acceptors (Lipinski definition) is 4. The van der Waals surface area contributed by atoms with Crippen molar-refractivity contribution in [2.75, 3.05) is 18.5 Å². The molecule has 7 heteroatoms. The van der Waals surface area contributed by atoms with E-state index in [1.54, 1.807) is 0 Å². The topological polar surface area (TPSA) is 75.4 Å². The molecule has 6 nitrogen and oxygen atoms in total. The Kier molecular flexibility index (Phi) is 2.46. The minimum atomic E-state index is -1.09. The third-order valence-corrected chi connectivity index (χ3v) is 2.62. The van der Waals surface area contributed by atoms with Gasteiger partial charge in [-0.2, -0.15) is 0 Å². The number of aliphatic hydroxyl groups is 1. The minimum absolute atomic E-state index is 0.176. The first-order valence-corrected chi connectivity index (χ1v) is 4.94. The number of imidazole rings is 1. The Hall–Kier alpha value is -1.78. The van der Waals surface area contributed by atoms with Gasteiger partial charge in [0.1, 0.15) is 11.5 Å². The van der Waals surface area contributed by atoms with Gasteiger partial charge in [-0.1, -0.05) is 5.92 Å². The number of H-pyrrole nitrogens is 2. The van der Waals surface area contributed by atoms with Crippen LogP contribution in [0, 0.1) is 17.1 Å². The Balaban J connectivity index is 2.56. The number of rotatable bonds is 1. The normalized spacial score (nSPS) is 19.6. The van der Waals surface area contributed by atoms with Crippen molar-refractivity contribution in [1.29, 1.82) is 0 Å². The van der Waals surface area contributed by atoms with Crippen LogP contribution in [0.3, 0.4) is 0 Å². The Morgan fingerprint density at radius 1 is 1.62 bits per heavy atom. The molecule has 0 aromatic carbocycles. The number of nitrogens with one attached hydrogen (secondary N) is 2. The molecular weight excluding hydrogens is 228 g/mol.